The van der Waals surface area contributed by atoms with Gasteiger partial charge in [0.25, 0.3) is 0 Å². The van der Waals surface area contributed by atoms with Crippen LogP contribution in [0.25, 0.3) is 11.6 Å². The molecule has 0 spiro atoms. The SMILES string of the molecule is CC(CC(=Cc1ccccc1)c1ccccc1)(C(=O)O)C(=O)O. The molecule has 4 nitrogen and oxygen atoms in total. The molecule has 0 aromatic heterocycles. The fraction of sp³-hybridized carbons (Fsp3) is 0.158. The number of carboxylic acid groups (broad SMARTS) is 2. The minimum absolute atomic E-state index is 0.101. The number of hydrogen-bond acceptors (Lipinski definition) is 2. The summed E-state index contributed by atoms with van der Waals surface area (Å²) in [5.41, 5.74) is 0.495. The lowest BCUT2D eigenvalue weighted by atomic mass is 9.81. The largest absolute Gasteiger partial charge is 0.480 e. The van der Waals surface area contributed by atoms with Crippen molar-refractivity contribution in [3.63, 3.8) is 0 Å². The summed E-state index contributed by atoms with van der Waals surface area (Å²) < 4.78 is 0. The van der Waals surface area contributed by atoms with Crippen LogP contribution in [0.3, 0.4) is 0 Å². The molecule has 0 atom stereocenters. The molecule has 0 unspecified atom stereocenters. The van der Waals surface area contributed by atoms with Crippen LogP contribution in [0.5, 0.6) is 0 Å². The monoisotopic (exact) mass is 310 g/mol. The lowest BCUT2D eigenvalue weighted by Crippen LogP contribution is -2.36. The van der Waals surface area contributed by atoms with E-state index in [0.717, 1.165) is 11.1 Å². The quantitative estimate of drug-likeness (QED) is 0.629. The lowest BCUT2D eigenvalue weighted by molar-refractivity contribution is -0.162. The number of carbonyl (C=O) groups is 2. The number of aliphatic carboxylic acids is 2. The number of rotatable bonds is 6. The van der Waals surface area contributed by atoms with Gasteiger partial charge in [-0.1, -0.05) is 66.7 Å². The van der Waals surface area contributed by atoms with Crippen molar-refractivity contribution >= 4 is 23.6 Å². The van der Waals surface area contributed by atoms with Crippen LogP contribution < -0.4 is 0 Å². The molecule has 2 rings (SSSR count). The van der Waals surface area contributed by atoms with E-state index in [1.807, 2.05) is 66.7 Å². The highest BCUT2D eigenvalue weighted by Gasteiger charge is 2.42. The van der Waals surface area contributed by atoms with E-state index in [1.165, 1.54) is 6.92 Å². The van der Waals surface area contributed by atoms with Crippen molar-refractivity contribution in [2.24, 2.45) is 5.41 Å². The average Bonchev–Trinajstić information content (AvgIpc) is 2.55. The van der Waals surface area contributed by atoms with Crippen LogP contribution in [0, 0.1) is 5.41 Å². The first kappa shape index (κ1) is 16.5. The second kappa shape index (κ2) is 6.92. The van der Waals surface area contributed by atoms with Gasteiger partial charge in [-0.15, -0.1) is 0 Å². The van der Waals surface area contributed by atoms with Crippen molar-refractivity contribution in [2.45, 2.75) is 13.3 Å². The summed E-state index contributed by atoms with van der Waals surface area (Å²) in [5, 5.41) is 18.7. The number of allylic oxidation sites excluding steroid dienone is 1. The summed E-state index contributed by atoms with van der Waals surface area (Å²) >= 11 is 0. The average molecular weight is 310 g/mol. The fourth-order valence-corrected chi connectivity index (χ4v) is 2.26. The molecular formula is C19H18O4. The first-order valence-corrected chi connectivity index (χ1v) is 7.21. The Balaban J connectivity index is 2.49. The Hall–Kier alpha value is -2.88. The molecule has 0 saturated carbocycles. The van der Waals surface area contributed by atoms with Gasteiger partial charge in [0.2, 0.25) is 0 Å². The summed E-state index contributed by atoms with van der Waals surface area (Å²) in [6.07, 6.45) is 1.73. The Morgan fingerprint density at radius 2 is 1.39 bits per heavy atom. The molecule has 0 saturated heterocycles. The molecule has 0 amide bonds. The number of benzene rings is 2. The van der Waals surface area contributed by atoms with Crippen LogP contribution in [-0.2, 0) is 9.59 Å². The van der Waals surface area contributed by atoms with E-state index in [1.54, 1.807) is 0 Å². The first-order chi connectivity index (χ1) is 10.9. The maximum Gasteiger partial charge on any atom is 0.321 e. The topological polar surface area (TPSA) is 74.6 Å². The van der Waals surface area contributed by atoms with E-state index in [-0.39, 0.29) is 6.42 Å². The Kier molecular flexibility index (Phi) is 4.96. The molecule has 118 valence electrons. The molecule has 0 bridgehead atoms. The van der Waals surface area contributed by atoms with Crippen molar-refractivity contribution < 1.29 is 19.8 Å². The Bertz CT molecular complexity index is 704. The van der Waals surface area contributed by atoms with Crippen LogP contribution in [0.2, 0.25) is 0 Å². The minimum atomic E-state index is -1.88. The fourth-order valence-electron chi connectivity index (χ4n) is 2.26. The summed E-state index contributed by atoms with van der Waals surface area (Å²) in [4.78, 5) is 22.9. The highest BCUT2D eigenvalue weighted by molar-refractivity contribution is 6.00. The van der Waals surface area contributed by atoms with Gasteiger partial charge >= 0.3 is 11.9 Å². The van der Waals surface area contributed by atoms with Crippen molar-refractivity contribution in [1.82, 2.24) is 0 Å². The molecule has 2 aromatic carbocycles. The third kappa shape index (κ3) is 3.86. The van der Waals surface area contributed by atoms with Crippen LogP contribution in [0.4, 0.5) is 0 Å². The number of carboxylic acids is 2. The van der Waals surface area contributed by atoms with Crippen LogP contribution in [-0.4, -0.2) is 22.2 Å². The van der Waals surface area contributed by atoms with E-state index in [4.69, 9.17) is 0 Å². The molecule has 0 fully saturated rings. The second-order valence-corrected chi connectivity index (χ2v) is 5.57. The molecule has 0 aliphatic rings. The third-order valence-corrected chi connectivity index (χ3v) is 3.77. The van der Waals surface area contributed by atoms with E-state index in [9.17, 15) is 19.8 Å². The molecule has 4 heteroatoms. The smallest absolute Gasteiger partial charge is 0.321 e. The van der Waals surface area contributed by atoms with E-state index in [2.05, 4.69) is 0 Å². The van der Waals surface area contributed by atoms with Gasteiger partial charge in [-0.05, 0) is 30.0 Å². The molecule has 0 aliphatic heterocycles. The third-order valence-electron chi connectivity index (χ3n) is 3.77. The molecule has 0 heterocycles. The molecule has 0 radical (unpaired) electrons. The zero-order valence-electron chi connectivity index (χ0n) is 12.8. The maximum atomic E-state index is 11.5. The predicted molar refractivity (Wildman–Crippen MR) is 88.8 cm³/mol. The molecule has 2 N–H and O–H groups in total. The van der Waals surface area contributed by atoms with Crippen molar-refractivity contribution in [1.29, 1.82) is 0 Å². The van der Waals surface area contributed by atoms with E-state index >= 15 is 0 Å². The summed E-state index contributed by atoms with van der Waals surface area (Å²) in [5.74, 6) is -2.69. The van der Waals surface area contributed by atoms with Gasteiger partial charge in [0, 0.05) is 0 Å². The summed E-state index contributed by atoms with van der Waals surface area (Å²) in [6.45, 7) is 1.24. The molecule has 23 heavy (non-hydrogen) atoms. The normalized spacial score (nSPS) is 12.0. The second-order valence-electron chi connectivity index (χ2n) is 5.57. The Morgan fingerprint density at radius 3 is 1.87 bits per heavy atom. The number of hydrogen-bond donors (Lipinski definition) is 2. The Morgan fingerprint density at radius 1 is 0.913 bits per heavy atom. The van der Waals surface area contributed by atoms with Gasteiger partial charge in [-0.2, -0.15) is 0 Å². The van der Waals surface area contributed by atoms with Gasteiger partial charge in [-0.3, -0.25) is 9.59 Å². The van der Waals surface area contributed by atoms with E-state index in [0.29, 0.717) is 5.57 Å². The molecule has 0 aliphatic carbocycles. The zero-order valence-corrected chi connectivity index (χ0v) is 12.8. The van der Waals surface area contributed by atoms with E-state index < -0.39 is 17.4 Å². The molecular weight excluding hydrogens is 292 g/mol. The van der Waals surface area contributed by atoms with Gasteiger partial charge < -0.3 is 10.2 Å². The summed E-state index contributed by atoms with van der Waals surface area (Å²) in [7, 11) is 0. The standard InChI is InChI=1S/C19H18O4/c1-19(17(20)21,18(22)23)13-16(15-10-6-3-7-11-15)12-14-8-4-2-5-9-14/h2-12H,13H2,1H3,(H,20,21)(H,22,23). The maximum absolute atomic E-state index is 11.5. The van der Waals surface area contributed by atoms with Gasteiger partial charge in [0.15, 0.2) is 5.41 Å². The highest BCUT2D eigenvalue weighted by atomic mass is 16.4. The first-order valence-electron chi connectivity index (χ1n) is 7.21. The van der Waals surface area contributed by atoms with Crippen molar-refractivity contribution in [3.05, 3.63) is 71.8 Å². The van der Waals surface area contributed by atoms with Gasteiger partial charge in [0.1, 0.15) is 0 Å². The van der Waals surface area contributed by atoms with Gasteiger partial charge in [0.05, 0.1) is 0 Å². The van der Waals surface area contributed by atoms with Crippen LogP contribution in [0.1, 0.15) is 24.5 Å². The van der Waals surface area contributed by atoms with Crippen molar-refractivity contribution in [2.75, 3.05) is 0 Å². The summed E-state index contributed by atoms with van der Waals surface area (Å²) in [6, 6.07) is 18.7. The van der Waals surface area contributed by atoms with Crippen LogP contribution >= 0.6 is 0 Å². The highest BCUT2D eigenvalue weighted by Crippen LogP contribution is 2.33. The van der Waals surface area contributed by atoms with Gasteiger partial charge in [-0.25, -0.2) is 0 Å². The lowest BCUT2D eigenvalue weighted by Gasteiger charge is -2.21. The van der Waals surface area contributed by atoms with Crippen molar-refractivity contribution in [3.8, 4) is 0 Å². The zero-order chi connectivity index (χ0) is 16.9. The predicted octanol–water partition coefficient (Wildman–Crippen LogP) is 3.79. The van der Waals surface area contributed by atoms with Crippen LogP contribution in [0.15, 0.2) is 60.7 Å². The molecule has 2 aromatic rings. The minimum Gasteiger partial charge on any atom is -0.480 e. The Labute approximate surface area is 134 Å².